The molecule has 108 valence electrons. The van der Waals surface area contributed by atoms with Gasteiger partial charge in [0, 0.05) is 32.1 Å². The smallest absolute Gasteiger partial charge is 0.227 e. The fraction of sp³-hybridized carbons (Fsp3) is 0.438. The average Bonchev–Trinajstić information content (AvgIpc) is 2.89. The number of carbonyl (C=O) groups excluding carboxylic acids is 2. The summed E-state index contributed by atoms with van der Waals surface area (Å²) in [6.45, 7) is 1.93. The lowest BCUT2D eigenvalue weighted by Gasteiger charge is -2.37. The van der Waals surface area contributed by atoms with E-state index in [4.69, 9.17) is 5.26 Å². The van der Waals surface area contributed by atoms with Crippen molar-refractivity contribution < 1.29 is 9.59 Å². The summed E-state index contributed by atoms with van der Waals surface area (Å²) < 4.78 is 0. The van der Waals surface area contributed by atoms with Gasteiger partial charge in [0.05, 0.1) is 18.1 Å². The summed E-state index contributed by atoms with van der Waals surface area (Å²) in [6.07, 6.45) is 1.83. The first-order chi connectivity index (χ1) is 10.2. The van der Waals surface area contributed by atoms with Gasteiger partial charge in [0.2, 0.25) is 11.8 Å². The zero-order valence-electron chi connectivity index (χ0n) is 11.8. The summed E-state index contributed by atoms with van der Waals surface area (Å²) in [7, 11) is 0. The van der Waals surface area contributed by atoms with Crippen LogP contribution in [0.1, 0.15) is 24.0 Å². The van der Waals surface area contributed by atoms with Crippen molar-refractivity contribution in [2.24, 2.45) is 0 Å². The fourth-order valence-electron chi connectivity index (χ4n) is 3.07. The van der Waals surface area contributed by atoms with Crippen LogP contribution in [-0.4, -0.2) is 47.3 Å². The van der Waals surface area contributed by atoms with Crippen LogP contribution >= 0.6 is 0 Å². The van der Waals surface area contributed by atoms with E-state index in [0.29, 0.717) is 38.0 Å². The average molecular weight is 283 g/mol. The molecule has 1 atom stereocenters. The van der Waals surface area contributed by atoms with Crippen molar-refractivity contribution in [3.63, 3.8) is 0 Å². The van der Waals surface area contributed by atoms with E-state index in [1.54, 1.807) is 12.1 Å². The molecule has 2 aliphatic heterocycles. The van der Waals surface area contributed by atoms with E-state index in [1.807, 2.05) is 21.9 Å². The summed E-state index contributed by atoms with van der Waals surface area (Å²) in [4.78, 5) is 27.7. The largest absolute Gasteiger partial charge is 0.339 e. The quantitative estimate of drug-likeness (QED) is 0.811. The maximum atomic E-state index is 12.3. The Kier molecular flexibility index (Phi) is 3.61. The molecule has 0 bridgehead atoms. The molecule has 5 nitrogen and oxygen atoms in total. The summed E-state index contributed by atoms with van der Waals surface area (Å²) in [5.41, 5.74) is 1.52. The van der Waals surface area contributed by atoms with Crippen LogP contribution in [-0.2, 0) is 16.0 Å². The van der Waals surface area contributed by atoms with E-state index in [-0.39, 0.29) is 17.9 Å². The molecule has 2 amide bonds. The van der Waals surface area contributed by atoms with Crippen LogP contribution in [0.4, 0.5) is 0 Å². The summed E-state index contributed by atoms with van der Waals surface area (Å²) in [5.74, 6) is 0.317. The van der Waals surface area contributed by atoms with Gasteiger partial charge in [0.1, 0.15) is 0 Å². The predicted molar refractivity (Wildman–Crippen MR) is 76.2 cm³/mol. The third kappa shape index (κ3) is 2.75. The number of nitrogens with zero attached hydrogens (tertiary/aromatic N) is 3. The van der Waals surface area contributed by atoms with Crippen LogP contribution in [0, 0.1) is 11.3 Å². The third-order valence-electron chi connectivity index (χ3n) is 4.29. The Morgan fingerprint density at radius 3 is 2.76 bits per heavy atom. The number of rotatable bonds is 2. The minimum atomic E-state index is 0.0960. The van der Waals surface area contributed by atoms with Gasteiger partial charge < -0.3 is 9.80 Å². The van der Waals surface area contributed by atoms with Gasteiger partial charge in [-0.25, -0.2) is 0 Å². The molecule has 1 unspecified atom stereocenters. The third-order valence-corrected chi connectivity index (χ3v) is 4.29. The molecule has 1 aromatic rings. The van der Waals surface area contributed by atoms with Gasteiger partial charge in [-0.1, -0.05) is 12.1 Å². The lowest BCUT2D eigenvalue weighted by atomic mass is 10.1. The molecule has 2 fully saturated rings. The van der Waals surface area contributed by atoms with Gasteiger partial charge in [0.25, 0.3) is 0 Å². The van der Waals surface area contributed by atoms with Crippen LogP contribution in [0.3, 0.4) is 0 Å². The number of hydrogen-bond acceptors (Lipinski definition) is 3. The number of nitriles is 1. The summed E-state index contributed by atoms with van der Waals surface area (Å²) in [6, 6.07) is 9.39. The van der Waals surface area contributed by atoms with E-state index in [9.17, 15) is 9.59 Å². The standard InChI is InChI=1S/C16H17N3O2/c17-10-13-3-1-12(2-4-13)9-16(21)18-7-8-19-14(11-18)5-6-15(19)20/h1-4,14H,5-9,11H2. The van der Waals surface area contributed by atoms with Crippen LogP contribution in [0.25, 0.3) is 0 Å². The van der Waals surface area contributed by atoms with E-state index < -0.39 is 0 Å². The van der Waals surface area contributed by atoms with E-state index in [0.717, 1.165) is 12.0 Å². The second-order valence-electron chi connectivity index (χ2n) is 5.60. The van der Waals surface area contributed by atoms with Crippen molar-refractivity contribution in [1.82, 2.24) is 9.80 Å². The van der Waals surface area contributed by atoms with E-state index in [1.165, 1.54) is 0 Å². The van der Waals surface area contributed by atoms with E-state index >= 15 is 0 Å². The zero-order chi connectivity index (χ0) is 14.8. The highest BCUT2D eigenvalue weighted by atomic mass is 16.2. The minimum Gasteiger partial charge on any atom is -0.339 e. The number of amides is 2. The normalized spacial score (nSPS) is 21.1. The maximum absolute atomic E-state index is 12.3. The lowest BCUT2D eigenvalue weighted by Crippen LogP contribution is -2.53. The number of hydrogen-bond donors (Lipinski definition) is 0. The molecule has 0 aromatic heterocycles. The molecule has 2 aliphatic rings. The number of piperazine rings is 1. The molecule has 0 spiro atoms. The van der Waals surface area contributed by atoms with Gasteiger partial charge in [0.15, 0.2) is 0 Å². The minimum absolute atomic E-state index is 0.0960. The Hall–Kier alpha value is -2.35. The summed E-state index contributed by atoms with van der Waals surface area (Å²) >= 11 is 0. The number of benzene rings is 1. The van der Waals surface area contributed by atoms with Crippen molar-refractivity contribution in [3.8, 4) is 6.07 Å². The second-order valence-corrected chi connectivity index (χ2v) is 5.60. The molecular formula is C16H17N3O2. The van der Waals surface area contributed by atoms with Gasteiger partial charge in [-0.2, -0.15) is 5.26 Å². The van der Waals surface area contributed by atoms with Crippen LogP contribution in [0.15, 0.2) is 24.3 Å². The topological polar surface area (TPSA) is 64.4 Å². The maximum Gasteiger partial charge on any atom is 0.227 e. The first-order valence-electron chi connectivity index (χ1n) is 7.23. The number of fused-ring (bicyclic) bond motifs is 1. The highest BCUT2D eigenvalue weighted by Gasteiger charge is 2.36. The van der Waals surface area contributed by atoms with Crippen LogP contribution < -0.4 is 0 Å². The Bertz CT molecular complexity index is 603. The first-order valence-corrected chi connectivity index (χ1v) is 7.23. The van der Waals surface area contributed by atoms with Crippen molar-refractivity contribution in [3.05, 3.63) is 35.4 Å². The molecule has 0 saturated carbocycles. The lowest BCUT2D eigenvalue weighted by molar-refractivity contribution is -0.138. The Labute approximate surface area is 123 Å². The molecular weight excluding hydrogens is 266 g/mol. The molecule has 3 rings (SSSR count). The SMILES string of the molecule is N#Cc1ccc(CC(=O)N2CCN3C(=O)CCC3C2)cc1. The van der Waals surface area contributed by atoms with Gasteiger partial charge in [-0.05, 0) is 24.1 Å². The van der Waals surface area contributed by atoms with Crippen molar-refractivity contribution in [2.45, 2.75) is 25.3 Å². The highest BCUT2D eigenvalue weighted by Crippen LogP contribution is 2.23. The van der Waals surface area contributed by atoms with Crippen molar-refractivity contribution in [1.29, 1.82) is 5.26 Å². The monoisotopic (exact) mass is 283 g/mol. The van der Waals surface area contributed by atoms with Gasteiger partial charge >= 0.3 is 0 Å². The first kappa shape index (κ1) is 13.6. The Morgan fingerprint density at radius 1 is 1.29 bits per heavy atom. The molecule has 2 saturated heterocycles. The van der Waals surface area contributed by atoms with Crippen molar-refractivity contribution in [2.75, 3.05) is 19.6 Å². The Balaban J connectivity index is 1.61. The van der Waals surface area contributed by atoms with E-state index in [2.05, 4.69) is 6.07 Å². The van der Waals surface area contributed by atoms with Crippen molar-refractivity contribution >= 4 is 11.8 Å². The number of carbonyl (C=O) groups is 2. The fourth-order valence-corrected chi connectivity index (χ4v) is 3.07. The molecule has 0 radical (unpaired) electrons. The van der Waals surface area contributed by atoms with Gasteiger partial charge in [-0.3, -0.25) is 9.59 Å². The summed E-state index contributed by atoms with van der Waals surface area (Å²) in [5, 5.41) is 8.77. The molecule has 1 aromatic carbocycles. The molecule has 5 heteroatoms. The zero-order valence-corrected chi connectivity index (χ0v) is 11.8. The molecule has 21 heavy (non-hydrogen) atoms. The molecule has 2 heterocycles. The molecule has 0 aliphatic carbocycles. The van der Waals surface area contributed by atoms with Crippen LogP contribution in [0.2, 0.25) is 0 Å². The highest BCUT2D eigenvalue weighted by molar-refractivity contribution is 5.81. The van der Waals surface area contributed by atoms with Crippen LogP contribution in [0.5, 0.6) is 0 Å². The predicted octanol–water partition coefficient (Wildman–Crippen LogP) is 0.934. The second kappa shape index (κ2) is 5.57. The Morgan fingerprint density at radius 2 is 2.05 bits per heavy atom. The molecule has 0 N–H and O–H groups in total. The van der Waals surface area contributed by atoms with Gasteiger partial charge in [-0.15, -0.1) is 0 Å².